The molecule has 1 rings (SSSR count). The molecule has 0 radical (unpaired) electrons. The van der Waals surface area contributed by atoms with E-state index < -0.39 is 48.2 Å². The SMILES string of the molecule is [2H]C1=C([2H])C([2H])=C([2H])/C(=C(/O)C([2H])([2H])[2H])C1=O. The highest BCUT2D eigenvalue weighted by atomic mass is 16.3. The molecule has 1 N–H and O–H groups in total. The second-order valence-electron chi connectivity index (χ2n) is 1.55. The van der Waals surface area contributed by atoms with Gasteiger partial charge < -0.3 is 5.11 Å². The molecule has 0 aromatic heterocycles. The molecule has 0 bridgehead atoms. The standard InChI is InChI=1S/C8H8O2/c1-6(9)7-4-2-3-5-8(7)10/h2-5,9H,1H3/b7-6-/i1D3,2D,3D,4D,5D. The fourth-order valence-corrected chi connectivity index (χ4v) is 0.468. The second kappa shape index (κ2) is 2.52. The van der Waals surface area contributed by atoms with Gasteiger partial charge in [-0.15, -0.1) is 0 Å². The number of allylic oxidation sites excluding steroid dienone is 6. The van der Waals surface area contributed by atoms with E-state index >= 15 is 0 Å². The molecule has 0 fully saturated rings. The zero-order chi connectivity index (χ0) is 13.5. The summed E-state index contributed by atoms with van der Waals surface area (Å²) in [5, 5.41) is 9.36. The molecule has 0 heterocycles. The van der Waals surface area contributed by atoms with Crippen molar-refractivity contribution in [1.29, 1.82) is 0 Å². The van der Waals surface area contributed by atoms with Crippen molar-refractivity contribution in [3.63, 3.8) is 0 Å². The van der Waals surface area contributed by atoms with E-state index in [0.717, 1.165) is 0 Å². The Bertz CT molecular complexity index is 481. The quantitative estimate of drug-likeness (QED) is 0.412. The zero-order valence-electron chi connectivity index (χ0n) is 11.9. The third kappa shape index (κ3) is 1.16. The molecule has 0 aromatic carbocycles. The number of aliphatic hydroxyl groups is 1. The molecule has 0 amide bonds. The van der Waals surface area contributed by atoms with Crippen LogP contribution in [0.25, 0.3) is 0 Å². The fourth-order valence-electron chi connectivity index (χ4n) is 0.468. The number of carbonyl (C=O) groups is 1. The molecule has 0 aliphatic heterocycles. The molecule has 1 aliphatic carbocycles. The predicted molar refractivity (Wildman–Crippen MR) is 38.6 cm³/mol. The van der Waals surface area contributed by atoms with E-state index in [-0.39, 0.29) is 0 Å². The van der Waals surface area contributed by atoms with Crippen LogP contribution in [0.5, 0.6) is 0 Å². The third-order valence-corrected chi connectivity index (χ3v) is 0.890. The molecule has 0 atom stereocenters. The molecular formula is C8H8O2. The summed E-state index contributed by atoms with van der Waals surface area (Å²) in [6, 6.07) is -3.29. The lowest BCUT2D eigenvalue weighted by atomic mass is 10.1. The lowest BCUT2D eigenvalue weighted by Gasteiger charge is -2.00. The van der Waals surface area contributed by atoms with E-state index in [4.69, 9.17) is 9.60 Å². The largest absolute Gasteiger partial charge is 0.512 e. The molecule has 2 heteroatoms. The van der Waals surface area contributed by atoms with Gasteiger partial charge >= 0.3 is 0 Å². The first kappa shape index (κ1) is 2.09. The van der Waals surface area contributed by atoms with Crippen LogP contribution in [0.15, 0.2) is 35.5 Å². The minimum atomic E-state index is -3.00. The zero-order valence-corrected chi connectivity index (χ0v) is 4.86. The highest BCUT2D eigenvalue weighted by Crippen LogP contribution is 2.09. The summed E-state index contributed by atoms with van der Waals surface area (Å²) in [5.41, 5.74) is -0.906. The summed E-state index contributed by atoms with van der Waals surface area (Å²) in [4.78, 5) is 11.5. The smallest absolute Gasteiger partial charge is 0.189 e. The van der Waals surface area contributed by atoms with Gasteiger partial charge in [-0.25, -0.2) is 0 Å². The molecule has 0 unspecified atom stereocenters. The van der Waals surface area contributed by atoms with Crippen molar-refractivity contribution in [2.24, 2.45) is 0 Å². The van der Waals surface area contributed by atoms with Crippen LogP contribution in [0.1, 0.15) is 16.4 Å². The lowest BCUT2D eigenvalue weighted by molar-refractivity contribution is -0.111. The van der Waals surface area contributed by atoms with E-state index in [2.05, 4.69) is 0 Å². The van der Waals surface area contributed by atoms with Gasteiger partial charge in [0.25, 0.3) is 0 Å². The second-order valence-corrected chi connectivity index (χ2v) is 1.55. The fraction of sp³-hybridized carbons (Fsp3) is 0.125. The van der Waals surface area contributed by atoms with Gasteiger partial charge in [-0.3, -0.25) is 4.79 Å². The molecule has 0 aromatic rings. The molecule has 10 heavy (non-hydrogen) atoms. The molecular weight excluding hydrogens is 128 g/mol. The summed E-state index contributed by atoms with van der Waals surface area (Å²) < 4.78 is 49.8. The van der Waals surface area contributed by atoms with Crippen molar-refractivity contribution in [2.75, 3.05) is 0 Å². The van der Waals surface area contributed by atoms with Crippen LogP contribution in [0.4, 0.5) is 0 Å². The van der Waals surface area contributed by atoms with Gasteiger partial charge in [-0.05, 0) is 19.0 Å². The van der Waals surface area contributed by atoms with Gasteiger partial charge in [0.1, 0.15) is 5.76 Å². The van der Waals surface area contributed by atoms with E-state index in [1.165, 1.54) is 0 Å². The topological polar surface area (TPSA) is 37.3 Å². The maximum absolute atomic E-state index is 11.5. The Morgan fingerprint density at radius 1 is 1.70 bits per heavy atom. The van der Waals surface area contributed by atoms with Gasteiger partial charge in [0.15, 0.2) is 5.78 Å². The number of hydrogen-bond donors (Lipinski definition) is 1. The Kier molecular flexibility index (Phi) is 0.526. The van der Waals surface area contributed by atoms with Crippen LogP contribution in [0.3, 0.4) is 0 Å². The summed E-state index contributed by atoms with van der Waals surface area (Å²) in [6.07, 6.45) is 0. The maximum atomic E-state index is 11.5. The Labute approximate surface area is 69.0 Å². The Hall–Kier alpha value is -1.31. The van der Waals surface area contributed by atoms with Gasteiger partial charge in [-0.1, -0.05) is 12.1 Å². The molecule has 52 valence electrons. The summed E-state index contributed by atoms with van der Waals surface area (Å²) in [6.45, 7) is -3.00. The molecule has 0 saturated carbocycles. The van der Waals surface area contributed by atoms with Gasteiger partial charge in [0.05, 0.1) is 11.1 Å². The minimum absolute atomic E-state index is 0.762. The first-order valence-electron chi connectivity index (χ1n) is 5.93. The third-order valence-electron chi connectivity index (χ3n) is 0.890. The maximum Gasteiger partial charge on any atom is 0.189 e. The summed E-state index contributed by atoms with van der Waals surface area (Å²) >= 11 is 0. The van der Waals surface area contributed by atoms with Crippen LogP contribution < -0.4 is 0 Å². The van der Waals surface area contributed by atoms with Crippen molar-refractivity contribution in [2.45, 2.75) is 6.85 Å². The Morgan fingerprint density at radius 3 is 3.10 bits per heavy atom. The van der Waals surface area contributed by atoms with E-state index in [1.54, 1.807) is 0 Å². The number of aliphatic hydroxyl groups excluding tert-OH is 1. The van der Waals surface area contributed by atoms with Crippen molar-refractivity contribution in [3.8, 4) is 0 Å². The highest BCUT2D eigenvalue weighted by molar-refractivity contribution is 6.07. The van der Waals surface area contributed by atoms with Gasteiger partial charge in [0.2, 0.25) is 0 Å². The normalized spacial score (nSPS) is 36.8. The van der Waals surface area contributed by atoms with Gasteiger partial charge in [-0.2, -0.15) is 0 Å². The first-order valence-corrected chi connectivity index (χ1v) is 2.43. The van der Waals surface area contributed by atoms with Crippen molar-refractivity contribution >= 4 is 5.78 Å². The van der Waals surface area contributed by atoms with Crippen LogP contribution in [0.2, 0.25) is 0 Å². The van der Waals surface area contributed by atoms with E-state index in [1.807, 2.05) is 0 Å². The Balaban J connectivity index is 3.56. The van der Waals surface area contributed by atoms with E-state index in [0.29, 0.717) is 0 Å². The van der Waals surface area contributed by atoms with Gasteiger partial charge in [0, 0.05) is 4.11 Å². The van der Waals surface area contributed by atoms with Crippen LogP contribution in [0, 0.1) is 0 Å². The van der Waals surface area contributed by atoms with Crippen molar-refractivity contribution < 1.29 is 19.5 Å². The predicted octanol–water partition coefficient (Wildman–Crippen LogP) is 1.51. The van der Waals surface area contributed by atoms with Crippen LogP contribution >= 0.6 is 0 Å². The molecule has 2 nitrogen and oxygen atoms in total. The number of rotatable bonds is 0. The monoisotopic (exact) mass is 143 g/mol. The molecule has 1 aliphatic rings. The van der Waals surface area contributed by atoms with Crippen LogP contribution in [-0.2, 0) is 4.79 Å². The van der Waals surface area contributed by atoms with Crippen molar-refractivity contribution in [1.82, 2.24) is 0 Å². The highest BCUT2D eigenvalue weighted by Gasteiger charge is 2.07. The van der Waals surface area contributed by atoms with E-state index in [9.17, 15) is 9.90 Å². The average Bonchev–Trinajstić information content (AvgIpc) is 2.22. The number of ketones is 1. The number of hydrogen-bond acceptors (Lipinski definition) is 2. The minimum Gasteiger partial charge on any atom is -0.512 e. The lowest BCUT2D eigenvalue weighted by Crippen LogP contribution is -2.01. The summed E-state index contributed by atoms with van der Waals surface area (Å²) in [5.74, 6) is -2.56. The molecule has 0 saturated heterocycles. The number of carbonyl (C=O) groups excluding carboxylic acids is 1. The molecule has 0 spiro atoms. The average molecular weight is 143 g/mol. The first-order chi connectivity index (χ1) is 7.59. The Morgan fingerprint density at radius 2 is 2.40 bits per heavy atom. The van der Waals surface area contributed by atoms with Crippen molar-refractivity contribution in [3.05, 3.63) is 35.5 Å². The van der Waals surface area contributed by atoms with Crippen LogP contribution in [-0.4, -0.2) is 10.9 Å². The summed E-state index contributed by atoms with van der Waals surface area (Å²) in [7, 11) is 0.